The van der Waals surface area contributed by atoms with Gasteiger partial charge in [-0.25, -0.2) is 0 Å². The lowest BCUT2D eigenvalue weighted by Gasteiger charge is -2.42. The van der Waals surface area contributed by atoms with E-state index >= 15 is 0 Å². The van der Waals surface area contributed by atoms with Gasteiger partial charge in [0.1, 0.15) is 11.5 Å². The van der Waals surface area contributed by atoms with E-state index in [4.69, 9.17) is 9.47 Å². The van der Waals surface area contributed by atoms with Crippen LogP contribution in [0.1, 0.15) is 37.8 Å². The van der Waals surface area contributed by atoms with Gasteiger partial charge in [-0.1, -0.05) is 25.1 Å². The monoisotopic (exact) mass is 422 g/mol. The second-order valence-corrected chi connectivity index (χ2v) is 8.47. The van der Waals surface area contributed by atoms with Gasteiger partial charge in [0, 0.05) is 30.8 Å². The third kappa shape index (κ3) is 4.11. The van der Waals surface area contributed by atoms with Crippen molar-refractivity contribution in [1.29, 1.82) is 0 Å². The Balaban J connectivity index is 1.78. The molecule has 6 heteroatoms. The number of methoxy groups -OCH3 is 2. The Morgan fingerprint density at radius 2 is 1.74 bits per heavy atom. The van der Waals surface area contributed by atoms with Crippen LogP contribution in [-0.2, 0) is 9.59 Å². The lowest BCUT2D eigenvalue weighted by Crippen LogP contribution is -2.49. The Hall–Kier alpha value is -3.02. The molecule has 0 aromatic heterocycles. The molecular formula is C25H30N2O4. The summed E-state index contributed by atoms with van der Waals surface area (Å²) in [6, 6.07) is 14.7. The molecule has 3 atom stereocenters. The lowest BCUT2D eigenvalue weighted by atomic mass is 9.82. The maximum absolute atomic E-state index is 13.6. The summed E-state index contributed by atoms with van der Waals surface area (Å²) >= 11 is 0. The van der Waals surface area contributed by atoms with Crippen molar-refractivity contribution in [2.45, 2.75) is 32.2 Å². The van der Waals surface area contributed by atoms with Crippen LogP contribution in [-0.4, -0.2) is 44.0 Å². The van der Waals surface area contributed by atoms with Crippen LogP contribution in [0.15, 0.2) is 48.5 Å². The Bertz CT molecular complexity index is 943. The van der Waals surface area contributed by atoms with Crippen LogP contribution in [0, 0.1) is 11.8 Å². The zero-order valence-corrected chi connectivity index (χ0v) is 18.4. The molecule has 0 bridgehead atoms. The van der Waals surface area contributed by atoms with Crippen LogP contribution in [0.25, 0.3) is 0 Å². The molecule has 0 spiro atoms. The largest absolute Gasteiger partial charge is 0.497 e. The van der Waals surface area contributed by atoms with Crippen LogP contribution in [0.4, 0.5) is 5.69 Å². The van der Waals surface area contributed by atoms with Crippen molar-refractivity contribution in [3.05, 3.63) is 54.1 Å². The average molecular weight is 423 g/mol. The molecule has 4 rings (SSSR count). The molecule has 0 radical (unpaired) electrons. The van der Waals surface area contributed by atoms with E-state index in [9.17, 15) is 9.59 Å². The number of benzene rings is 2. The Kier molecular flexibility index (Phi) is 6.16. The second-order valence-electron chi connectivity index (χ2n) is 8.47. The SMILES string of the molecule is COc1ccc(N2C(=O)CCC(C(=O)N3CCC(C)C3)C2c2ccccc2OC)cc1. The first-order valence-corrected chi connectivity index (χ1v) is 10.9. The third-order valence-corrected chi connectivity index (χ3v) is 6.46. The molecule has 2 aromatic carbocycles. The number of hydrogen-bond acceptors (Lipinski definition) is 4. The number of para-hydroxylation sites is 1. The molecule has 0 saturated carbocycles. The molecule has 6 nitrogen and oxygen atoms in total. The van der Waals surface area contributed by atoms with Crippen molar-refractivity contribution in [1.82, 2.24) is 4.90 Å². The predicted octanol–water partition coefficient (Wildman–Crippen LogP) is 4.06. The van der Waals surface area contributed by atoms with Gasteiger partial charge in [-0.15, -0.1) is 0 Å². The van der Waals surface area contributed by atoms with Gasteiger partial charge in [-0.05, 0) is 49.1 Å². The van der Waals surface area contributed by atoms with Crippen molar-refractivity contribution >= 4 is 17.5 Å². The van der Waals surface area contributed by atoms with Crippen LogP contribution in [0.5, 0.6) is 11.5 Å². The average Bonchev–Trinajstić information content (AvgIpc) is 3.24. The Morgan fingerprint density at radius 1 is 1.00 bits per heavy atom. The number of rotatable bonds is 5. The van der Waals surface area contributed by atoms with Gasteiger partial charge in [0.15, 0.2) is 0 Å². The summed E-state index contributed by atoms with van der Waals surface area (Å²) < 4.78 is 10.9. The fourth-order valence-electron chi connectivity index (χ4n) is 4.83. The molecule has 2 amide bonds. The highest BCUT2D eigenvalue weighted by molar-refractivity contribution is 5.97. The summed E-state index contributed by atoms with van der Waals surface area (Å²) in [5, 5.41) is 0. The Morgan fingerprint density at radius 3 is 2.39 bits per heavy atom. The molecule has 2 aliphatic rings. The van der Waals surface area contributed by atoms with E-state index in [0.717, 1.165) is 36.5 Å². The second kappa shape index (κ2) is 9.00. The molecule has 164 valence electrons. The maximum Gasteiger partial charge on any atom is 0.228 e. The molecule has 2 saturated heterocycles. The number of carbonyl (C=O) groups is 2. The molecular weight excluding hydrogens is 392 g/mol. The summed E-state index contributed by atoms with van der Waals surface area (Å²) in [6.45, 7) is 3.75. The minimum absolute atomic E-state index is 0.0138. The van der Waals surface area contributed by atoms with Crippen LogP contribution >= 0.6 is 0 Å². The first-order chi connectivity index (χ1) is 15.0. The zero-order chi connectivity index (χ0) is 22.0. The summed E-state index contributed by atoms with van der Waals surface area (Å²) in [5.74, 6) is 1.75. The van der Waals surface area contributed by atoms with Gasteiger partial charge in [0.05, 0.1) is 26.2 Å². The molecule has 31 heavy (non-hydrogen) atoms. The van der Waals surface area contributed by atoms with Crippen molar-refractivity contribution in [2.24, 2.45) is 11.8 Å². The number of amides is 2. The fraction of sp³-hybridized carbons (Fsp3) is 0.440. The first kappa shape index (κ1) is 21.2. The number of carbonyl (C=O) groups excluding carboxylic acids is 2. The number of piperidine rings is 1. The molecule has 2 fully saturated rings. The predicted molar refractivity (Wildman–Crippen MR) is 119 cm³/mol. The number of anilines is 1. The van der Waals surface area contributed by atoms with Gasteiger partial charge < -0.3 is 19.3 Å². The van der Waals surface area contributed by atoms with Crippen molar-refractivity contribution < 1.29 is 19.1 Å². The van der Waals surface area contributed by atoms with Gasteiger partial charge in [-0.2, -0.15) is 0 Å². The normalized spacial score (nSPS) is 23.7. The van der Waals surface area contributed by atoms with Crippen molar-refractivity contribution in [3.63, 3.8) is 0 Å². The molecule has 2 aliphatic heterocycles. The van der Waals surface area contributed by atoms with E-state index < -0.39 is 6.04 Å². The van der Waals surface area contributed by atoms with E-state index in [1.807, 2.05) is 53.4 Å². The number of hydrogen-bond donors (Lipinski definition) is 0. The molecule has 3 unspecified atom stereocenters. The Labute approximate surface area is 183 Å². The van der Waals surface area contributed by atoms with Crippen LogP contribution < -0.4 is 14.4 Å². The lowest BCUT2D eigenvalue weighted by molar-refractivity contribution is -0.137. The highest BCUT2D eigenvalue weighted by atomic mass is 16.5. The number of nitrogens with zero attached hydrogens (tertiary/aromatic N) is 2. The van der Waals surface area contributed by atoms with Crippen LogP contribution in [0.2, 0.25) is 0 Å². The van der Waals surface area contributed by atoms with E-state index in [0.29, 0.717) is 24.5 Å². The van der Waals surface area contributed by atoms with Gasteiger partial charge >= 0.3 is 0 Å². The fourth-order valence-corrected chi connectivity index (χ4v) is 4.83. The van der Waals surface area contributed by atoms with Gasteiger partial charge in [-0.3, -0.25) is 9.59 Å². The van der Waals surface area contributed by atoms with E-state index in [1.54, 1.807) is 19.1 Å². The molecule has 0 aliphatic carbocycles. The quantitative estimate of drug-likeness (QED) is 0.729. The number of ether oxygens (including phenoxy) is 2. The van der Waals surface area contributed by atoms with E-state index in [2.05, 4.69) is 6.92 Å². The van der Waals surface area contributed by atoms with E-state index in [1.165, 1.54) is 0 Å². The topological polar surface area (TPSA) is 59.1 Å². The van der Waals surface area contributed by atoms with Crippen molar-refractivity contribution in [2.75, 3.05) is 32.2 Å². The number of likely N-dealkylation sites (tertiary alicyclic amines) is 1. The zero-order valence-electron chi connectivity index (χ0n) is 18.4. The summed E-state index contributed by atoms with van der Waals surface area (Å²) in [6.07, 6.45) is 1.91. The van der Waals surface area contributed by atoms with E-state index in [-0.39, 0.29) is 17.7 Å². The summed E-state index contributed by atoms with van der Waals surface area (Å²) in [5.41, 5.74) is 1.62. The van der Waals surface area contributed by atoms with Gasteiger partial charge in [0.25, 0.3) is 0 Å². The molecule has 2 heterocycles. The summed E-state index contributed by atoms with van der Waals surface area (Å²) in [4.78, 5) is 30.6. The maximum atomic E-state index is 13.6. The molecule has 0 N–H and O–H groups in total. The molecule has 2 aromatic rings. The summed E-state index contributed by atoms with van der Waals surface area (Å²) in [7, 11) is 3.24. The smallest absolute Gasteiger partial charge is 0.228 e. The minimum atomic E-state index is -0.422. The first-order valence-electron chi connectivity index (χ1n) is 10.9. The highest BCUT2D eigenvalue weighted by Crippen LogP contribution is 2.44. The minimum Gasteiger partial charge on any atom is -0.497 e. The van der Waals surface area contributed by atoms with Gasteiger partial charge in [0.2, 0.25) is 11.8 Å². The van der Waals surface area contributed by atoms with Crippen LogP contribution in [0.3, 0.4) is 0 Å². The highest BCUT2D eigenvalue weighted by Gasteiger charge is 2.44. The third-order valence-electron chi connectivity index (χ3n) is 6.46. The standard InChI is InChI=1S/C25H30N2O4/c1-17-14-15-26(16-17)25(29)21-12-13-23(28)27(18-8-10-19(30-2)11-9-18)24(21)20-6-4-5-7-22(20)31-3/h4-11,17,21,24H,12-16H2,1-3H3. The van der Waals surface area contributed by atoms with Crippen molar-refractivity contribution in [3.8, 4) is 11.5 Å².